The van der Waals surface area contributed by atoms with E-state index in [0.29, 0.717) is 47.3 Å². The highest BCUT2D eigenvalue weighted by Gasteiger charge is 2.34. The van der Waals surface area contributed by atoms with Crippen LogP contribution in [-0.4, -0.2) is 44.5 Å². The number of aliphatic hydroxyl groups excluding tert-OH is 1. The number of aromatic nitrogens is 4. The van der Waals surface area contributed by atoms with Crippen molar-refractivity contribution < 1.29 is 14.6 Å². The molecular weight excluding hydrogens is 396 g/mol. The van der Waals surface area contributed by atoms with Crippen molar-refractivity contribution in [1.82, 2.24) is 19.7 Å². The number of aliphatic hydroxyl groups is 1. The van der Waals surface area contributed by atoms with Crippen molar-refractivity contribution in [2.45, 2.75) is 25.8 Å². The molecule has 0 fully saturated rings. The molecule has 1 atom stereocenters. The number of pyridine rings is 1. The molecule has 0 aliphatic carbocycles. The number of hydrogen-bond acceptors (Lipinski definition) is 7. The predicted octanol–water partition coefficient (Wildman–Crippen LogP) is 2.53. The fourth-order valence-corrected chi connectivity index (χ4v) is 3.55. The Morgan fingerprint density at radius 2 is 2.10 bits per heavy atom. The zero-order valence-electron chi connectivity index (χ0n) is 17.4. The molecule has 9 heteroatoms. The zero-order valence-corrected chi connectivity index (χ0v) is 17.4. The third-order valence-corrected chi connectivity index (χ3v) is 5.05. The average molecular weight is 420 g/mol. The second-order valence-corrected chi connectivity index (χ2v) is 7.16. The minimum absolute atomic E-state index is 0.0656. The largest absolute Gasteiger partial charge is 0.497 e. The first-order valence-electron chi connectivity index (χ1n) is 10.00. The van der Waals surface area contributed by atoms with Gasteiger partial charge in [0.2, 0.25) is 5.95 Å². The van der Waals surface area contributed by atoms with Gasteiger partial charge >= 0.3 is 0 Å². The first-order chi connectivity index (χ1) is 15.1. The number of benzene rings is 1. The molecule has 31 heavy (non-hydrogen) atoms. The van der Waals surface area contributed by atoms with Crippen molar-refractivity contribution in [1.29, 1.82) is 0 Å². The number of rotatable bonds is 7. The lowest BCUT2D eigenvalue weighted by molar-refractivity contribution is -0.113. The molecule has 0 saturated carbocycles. The Morgan fingerprint density at radius 1 is 1.29 bits per heavy atom. The van der Waals surface area contributed by atoms with Gasteiger partial charge in [-0.05, 0) is 49.2 Å². The molecule has 1 amide bonds. The van der Waals surface area contributed by atoms with Crippen LogP contribution in [0.15, 0.2) is 60.1 Å². The van der Waals surface area contributed by atoms with Crippen molar-refractivity contribution in [3.05, 3.63) is 71.4 Å². The molecule has 1 aromatic carbocycles. The van der Waals surface area contributed by atoms with Crippen molar-refractivity contribution >= 4 is 17.5 Å². The lowest BCUT2D eigenvalue weighted by atomic mass is 9.96. The minimum Gasteiger partial charge on any atom is -0.497 e. The highest BCUT2D eigenvalue weighted by atomic mass is 16.5. The highest BCUT2D eigenvalue weighted by Crippen LogP contribution is 2.35. The fraction of sp³-hybridized carbons (Fsp3) is 0.273. The molecule has 0 saturated heterocycles. The number of ether oxygens (including phenoxy) is 1. The number of amides is 1. The summed E-state index contributed by atoms with van der Waals surface area (Å²) in [5.74, 6) is 1.63. The zero-order chi connectivity index (χ0) is 21.8. The van der Waals surface area contributed by atoms with Gasteiger partial charge in [-0.2, -0.15) is 10.1 Å². The van der Waals surface area contributed by atoms with Crippen LogP contribution in [0.5, 0.6) is 5.75 Å². The van der Waals surface area contributed by atoms with E-state index in [1.807, 2.05) is 19.1 Å². The van der Waals surface area contributed by atoms with E-state index in [1.54, 1.807) is 48.5 Å². The number of methoxy groups -OCH3 is 1. The van der Waals surface area contributed by atoms with Gasteiger partial charge in [0, 0.05) is 36.8 Å². The number of anilines is 2. The Labute approximate surface area is 179 Å². The quantitative estimate of drug-likeness (QED) is 0.538. The second-order valence-electron chi connectivity index (χ2n) is 7.16. The molecule has 1 aliphatic heterocycles. The van der Waals surface area contributed by atoms with Gasteiger partial charge in [-0.1, -0.05) is 6.07 Å². The summed E-state index contributed by atoms with van der Waals surface area (Å²) in [5, 5.41) is 19.9. The maximum atomic E-state index is 13.3. The van der Waals surface area contributed by atoms with Crippen LogP contribution in [0.4, 0.5) is 11.6 Å². The molecule has 160 valence electrons. The predicted molar refractivity (Wildman–Crippen MR) is 116 cm³/mol. The maximum Gasteiger partial charge on any atom is 0.255 e. The molecule has 0 radical (unpaired) electrons. The van der Waals surface area contributed by atoms with E-state index in [2.05, 4.69) is 25.7 Å². The van der Waals surface area contributed by atoms with Crippen LogP contribution in [0.1, 0.15) is 30.8 Å². The van der Waals surface area contributed by atoms with Gasteiger partial charge in [0.25, 0.3) is 5.91 Å². The van der Waals surface area contributed by atoms with E-state index in [9.17, 15) is 4.79 Å². The summed E-state index contributed by atoms with van der Waals surface area (Å²) >= 11 is 0. The van der Waals surface area contributed by atoms with Crippen LogP contribution >= 0.6 is 0 Å². The third kappa shape index (κ3) is 4.26. The smallest absolute Gasteiger partial charge is 0.255 e. The number of nitrogens with zero attached hydrogens (tertiary/aromatic N) is 4. The Balaban J connectivity index is 1.70. The summed E-state index contributed by atoms with van der Waals surface area (Å²) in [4.78, 5) is 22.1. The van der Waals surface area contributed by atoms with Gasteiger partial charge in [-0.25, -0.2) is 4.68 Å². The number of carbonyl (C=O) groups excluding carboxylic acids is 1. The highest BCUT2D eigenvalue weighted by molar-refractivity contribution is 6.06. The van der Waals surface area contributed by atoms with Gasteiger partial charge in [0.05, 0.1) is 12.7 Å². The van der Waals surface area contributed by atoms with Crippen LogP contribution in [-0.2, 0) is 11.2 Å². The summed E-state index contributed by atoms with van der Waals surface area (Å²) in [6, 6.07) is 10.4. The Bertz CT molecular complexity index is 1090. The topological polar surface area (TPSA) is 114 Å². The Kier molecular flexibility index (Phi) is 5.94. The van der Waals surface area contributed by atoms with Gasteiger partial charge < -0.3 is 20.5 Å². The van der Waals surface area contributed by atoms with Gasteiger partial charge in [0.1, 0.15) is 11.8 Å². The molecule has 3 heterocycles. The summed E-state index contributed by atoms with van der Waals surface area (Å²) < 4.78 is 6.89. The monoisotopic (exact) mass is 420 g/mol. The van der Waals surface area contributed by atoms with E-state index >= 15 is 0 Å². The van der Waals surface area contributed by atoms with Crippen molar-refractivity contribution in [3.63, 3.8) is 0 Å². The van der Waals surface area contributed by atoms with Crippen LogP contribution in [0.3, 0.4) is 0 Å². The van der Waals surface area contributed by atoms with E-state index in [0.717, 1.165) is 5.56 Å². The Hall–Kier alpha value is -3.72. The third-order valence-electron chi connectivity index (χ3n) is 5.05. The normalized spacial score (nSPS) is 15.3. The van der Waals surface area contributed by atoms with E-state index < -0.39 is 6.04 Å². The molecule has 4 rings (SSSR count). The van der Waals surface area contributed by atoms with Gasteiger partial charge in [-0.3, -0.25) is 9.78 Å². The van der Waals surface area contributed by atoms with E-state index in [4.69, 9.17) is 9.84 Å². The lowest BCUT2D eigenvalue weighted by Gasteiger charge is -2.28. The van der Waals surface area contributed by atoms with Gasteiger partial charge in [0.15, 0.2) is 5.82 Å². The first-order valence-corrected chi connectivity index (χ1v) is 10.00. The second kappa shape index (κ2) is 8.97. The maximum absolute atomic E-state index is 13.3. The van der Waals surface area contributed by atoms with Gasteiger partial charge in [-0.15, -0.1) is 0 Å². The standard InChI is InChI=1S/C22H24N6O3/c1-14-19(21(30)25-16-7-9-17(31-2)10-8-16)20(15-5-3-11-23-13-15)28-22(24-14)26-18(27-28)6-4-12-29/h3,5,7-11,13,20,29H,4,6,12H2,1-2H3,(H,25,30)(H,24,26,27). The number of hydrogen-bond donors (Lipinski definition) is 3. The molecular formula is C22H24N6O3. The number of carbonyl (C=O) groups is 1. The van der Waals surface area contributed by atoms with Crippen molar-refractivity contribution in [2.24, 2.45) is 0 Å². The first kappa shape index (κ1) is 20.5. The number of fused-ring (bicyclic) bond motifs is 1. The van der Waals surface area contributed by atoms with E-state index in [1.165, 1.54) is 0 Å². The van der Waals surface area contributed by atoms with E-state index in [-0.39, 0.29) is 12.5 Å². The summed E-state index contributed by atoms with van der Waals surface area (Å²) in [6.07, 6.45) is 4.53. The summed E-state index contributed by atoms with van der Waals surface area (Å²) in [5.41, 5.74) is 2.69. The Morgan fingerprint density at radius 3 is 2.77 bits per heavy atom. The molecule has 0 spiro atoms. The lowest BCUT2D eigenvalue weighted by Crippen LogP contribution is -2.31. The van der Waals surface area contributed by atoms with Crippen LogP contribution < -0.4 is 15.4 Å². The van der Waals surface area contributed by atoms with Crippen molar-refractivity contribution in [2.75, 3.05) is 24.4 Å². The molecule has 9 nitrogen and oxygen atoms in total. The van der Waals surface area contributed by atoms with Crippen LogP contribution in [0, 0.1) is 0 Å². The molecule has 1 unspecified atom stereocenters. The summed E-state index contributed by atoms with van der Waals surface area (Å²) in [7, 11) is 1.60. The molecule has 1 aliphatic rings. The number of allylic oxidation sites excluding steroid dienone is 1. The van der Waals surface area contributed by atoms with Crippen LogP contribution in [0.25, 0.3) is 0 Å². The SMILES string of the molecule is COc1ccc(NC(=O)C2=C(C)Nc3nc(CCCO)nn3C2c2cccnc2)cc1. The average Bonchev–Trinajstić information content (AvgIpc) is 3.20. The number of aryl methyl sites for hydroxylation is 1. The van der Waals surface area contributed by atoms with Crippen molar-refractivity contribution in [3.8, 4) is 5.75 Å². The molecule has 2 aromatic heterocycles. The number of nitrogens with one attached hydrogen (secondary N) is 2. The minimum atomic E-state index is -0.487. The molecule has 3 aromatic rings. The van der Waals surface area contributed by atoms with Crippen LogP contribution in [0.2, 0.25) is 0 Å². The summed E-state index contributed by atoms with van der Waals surface area (Å²) in [6.45, 7) is 1.91. The fourth-order valence-electron chi connectivity index (χ4n) is 3.55. The molecule has 3 N–H and O–H groups in total. The molecule has 0 bridgehead atoms.